The van der Waals surface area contributed by atoms with E-state index in [0.29, 0.717) is 59.4 Å². The molecule has 1 aliphatic carbocycles. The Balaban J connectivity index is 1.39. The highest BCUT2D eigenvalue weighted by Crippen LogP contribution is 2.34. The van der Waals surface area contributed by atoms with Crippen LogP contribution in [0.1, 0.15) is 30.9 Å². The molecule has 3 heterocycles. The fourth-order valence-corrected chi connectivity index (χ4v) is 6.14. The zero-order valence-electron chi connectivity index (χ0n) is 17.9. The summed E-state index contributed by atoms with van der Waals surface area (Å²) in [5, 5.41) is 2.92. The van der Waals surface area contributed by atoms with E-state index in [4.69, 9.17) is 14.2 Å². The number of ether oxygens (including phenoxy) is 3. The van der Waals surface area contributed by atoms with Gasteiger partial charge in [0.1, 0.15) is 10.3 Å². The van der Waals surface area contributed by atoms with Crippen LogP contribution in [0.3, 0.4) is 0 Å². The van der Waals surface area contributed by atoms with Gasteiger partial charge in [0, 0.05) is 12.7 Å². The number of carbonyl (C=O) groups is 1. The van der Waals surface area contributed by atoms with Gasteiger partial charge in [-0.1, -0.05) is 23.5 Å². The SMILES string of the molecule is COc1ccc2nc(NC(=O)[C@H](O[C@@H]3CCOC3)c3ccc(S(=O)(=O)C4CC4)cc3)sc2n1. The number of hydrogen-bond donors (Lipinski definition) is 1. The number of carbonyl (C=O) groups excluding carboxylic acids is 1. The molecule has 1 saturated heterocycles. The summed E-state index contributed by atoms with van der Waals surface area (Å²) < 4.78 is 41.6. The standard InChI is InChI=1S/C22H23N3O6S2/c1-29-18-9-8-17-21(24-18)32-22(23-17)25-20(26)19(31-14-10-11-30-12-14)13-2-4-15(5-3-13)33(27,28)16-6-7-16/h2-5,8-9,14,16,19H,6-7,10-12H2,1H3,(H,23,25,26)/t14-,19-/m1/s1. The highest BCUT2D eigenvalue weighted by atomic mass is 32.2. The zero-order valence-corrected chi connectivity index (χ0v) is 19.5. The van der Waals surface area contributed by atoms with E-state index in [1.807, 2.05) is 0 Å². The van der Waals surface area contributed by atoms with Crippen molar-refractivity contribution in [3.63, 3.8) is 0 Å². The van der Waals surface area contributed by atoms with Crippen LogP contribution in [-0.2, 0) is 24.1 Å². The van der Waals surface area contributed by atoms with Gasteiger partial charge in [0.05, 0.1) is 30.0 Å². The third-order valence-corrected chi connectivity index (χ3v) is 8.76. The van der Waals surface area contributed by atoms with Crippen LogP contribution in [0.15, 0.2) is 41.3 Å². The third-order valence-electron chi connectivity index (χ3n) is 5.60. The van der Waals surface area contributed by atoms with Crippen LogP contribution in [0.25, 0.3) is 10.3 Å². The number of amides is 1. The number of sulfone groups is 1. The summed E-state index contributed by atoms with van der Waals surface area (Å²) in [6.07, 6.45) is 0.912. The average Bonchev–Trinajstić information content (AvgIpc) is 3.42. The van der Waals surface area contributed by atoms with Crippen LogP contribution in [0, 0.1) is 0 Å². The first-order valence-electron chi connectivity index (χ1n) is 10.6. The van der Waals surface area contributed by atoms with E-state index in [9.17, 15) is 13.2 Å². The van der Waals surface area contributed by atoms with Crippen molar-refractivity contribution in [1.82, 2.24) is 9.97 Å². The van der Waals surface area contributed by atoms with Crippen molar-refractivity contribution in [3.8, 4) is 5.88 Å². The number of thiazole rings is 1. The molecular formula is C22H23N3O6S2. The van der Waals surface area contributed by atoms with E-state index in [0.717, 1.165) is 0 Å². The minimum Gasteiger partial charge on any atom is -0.481 e. The van der Waals surface area contributed by atoms with Crippen molar-refractivity contribution in [1.29, 1.82) is 0 Å². The van der Waals surface area contributed by atoms with Crippen LogP contribution in [0.5, 0.6) is 5.88 Å². The van der Waals surface area contributed by atoms with Gasteiger partial charge in [0.15, 0.2) is 21.1 Å². The summed E-state index contributed by atoms with van der Waals surface area (Å²) in [6.45, 7) is 0.978. The molecule has 2 aliphatic rings. The molecule has 9 nitrogen and oxygen atoms in total. The van der Waals surface area contributed by atoms with Gasteiger partial charge in [-0.3, -0.25) is 10.1 Å². The first-order chi connectivity index (χ1) is 15.9. The van der Waals surface area contributed by atoms with E-state index in [1.54, 1.807) is 36.4 Å². The summed E-state index contributed by atoms with van der Waals surface area (Å²) in [4.78, 5) is 22.9. The maximum atomic E-state index is 13.2. The number of hydrogen-bond acceptors (Lipinski definition) is 9. The Morgan fingerprint density at radius 1 is 1.15 bits per heavy atom. The lowest BCUT2D eigenvalue weighted by Crippen LogP contribution is -2.28. The molecule has 0 radical (unpaired) electrons. The number of anilines is 1. The smallest absolute Gasteiger partial charge is 0.259 e. The van der Waals surface area contributed by atoms with Gasteiger partial charge >= 0.3 is 0 Å². The molecule has 2 atom stereocenters. The molecule has 0 spiro atoms. The van der Waals surface area contributed by atoms with Crippen LogP contribution in [0.4, 0.5) is 5.13 Å². The number of aromatic nitrogens is 2. The number of methoxy groups -OCH3 is 1. The molecule has 3 aromatic rings. The summed E-state index contributed by atoms with van der Waals surface area (Å²) in [5.74, 6) is 0.0680. The summed E-state index contributed by atoms with van der Waals surface area (Å²) in [6, 6.07) is 9.85. The van der Waals surface area contributed by atoms with Crippen molar-refractivity contribution in [3.05, 3.63) is 42.0 Å². The van der Waals surface area contributed by atoms with E-state index < -0.39 is 21.8 Å². The lowest BCUT2D eigenvalue weighted by atomic mass is 10.1. The van der Waals surface area contributed by atoms with Crippen molar-refractivity contribution in [2.24, 2.45) is 0 Å². The van der Waals surface area contributed by atoms with Crippen LogP contribution >= 0.6 is 11.3 Å². The summed E-state index contributed by atoms with van der Waals surface area (Å²) in [5.41, 5.74) is 1.21. The normalized spacial score (nSPS) is 19.5. The molecular weight excluding hydrogens is 466 g/mol. The average molecular weight is 490 g/mol. The number of pyridine rings is 1. The number of benzene rings is 1. The van der Waals surface area contributed by atoms with E-state index in [2.05, 4.69) is 15.3 Å². The van der Waals surface area contributed by atoms with Crippen LogP contribution < -0.4 is 10.1 Å². The first kappa shape index (κ1) is 22.2. The van der Waals surface area contributed by atoms with Gasteiger partial charge in [-0.15, -0.1) is 0 Å². The Morgan fingerprint density at radius 2 is 1.94 bits per heavy atom. The van der Waals surface area contributed by atoms with Crippen molar-refractivity contribution < 1.29 is 27.4 Å². The topological polar surface area (TPSA) is 117 Å². The summed E-state index contributed by atoms with van der Waals surface area (Å²) in [7, 11) is -1.77. The molecule has 1 amide bonds. The Hall–Kier alpha value is -2.60. The Bertz CT molecular complexity index is 1270. The molecule has 2 aromatic heterocycles. The molecule has 174 valence electrons. The lowest BCUT2D eigenvalue weighted by molar-refractivity contribution is -0.131. The molecule has 1 aliphatic heterocycles. The van der Waals surface area contributed by atoms with Gasteiger partial charge in [0.25, 0.3) is 5.91 Å². The molecule has 33 heavy (non-hydrogen) atoms. The number of rotatable bonds is 8. The number of nitrogens with one attached hydrogen (secondary N) is 1. The van der Waals surface area contributed by atoms with Crippen molar-refractivity contribution >= 4 is 42.6 Å². The van der Waals surface area contributed by atoms with E-state index in [-0.39, 0.29) is 16.2 Å². The minimum absolute atomic E-state index is 0.225. The van der Waals surface area contributed by atoms with E-state index in [1.165, 1.54) is 18.4 Å². The quantitative estimate of drug-likeness (QED) is 0.513. The van der Waals surface area contributed by atoms with Gasteiger partial charge in [-0.25, -0.2) is 18.4 Å². The van der Waals surface area contributed by atoms with Crippen LogP contribution in [-0.4, -0.2) is 56.0 Å². The maximum Gasteiger partial charge on any atom is 0.259 e. The largest absolute Gasteiger partial charge is 0.481 e. The molecule has 1 saturated carbocycles. The highest BCUT2D eigenvalue weighted by Gasteiger charge is 2.37. The molecule has 11 heteroatoms. The lowest BCUT2D eigenvalue weighted by Gasteiger charge is -2.21. The second-order valence-corrected chi connectivity index (χ2v) is 11.2. The fourth-order valence-electron chi connectivity index (χ4n) is 3.65. The van der Waals surface area contributed by atoms with Crippen molar-refractivity contribution in [2.75, 3.05) is 25.6 Å². The van der Waals surface area contributed by atoms with Crippen LogP contribution in [0.2, 0.25) is 0 Å². The second kappa shape index (κ2) is 8.98. The fraction of sp³-hybridized carbons (Fsp3) is 0.409. The number of nitrogens with zero attached hydrogens (tertiary/aromatic N) is 2. The van der Waals surface area contributed by atoms with E-state index >= 15 is 0 Å². The maximum absolute atomic E-state index is 13.2. The Kier molecular flexibility index (Phi) is 6.04. The Morgan fingerprint density at radius 3 is 2.61 bits per heavy atom. The molecule has 1 N–H and O–H groups in total. The Labute approximate surface area is 195 Å². The highest BCUT2D eigenvalue weighted by molar-refractivity contribution is 7.92. The second-order valence-electron chi connectivity index (χ2n) is 8.00. The minimum atomic E-state index is -3.31. The van der Waals surface area contributed by atoms with Gasteiger partial charge in [-0.2, -0.15) is 0 Å². The first-order valence-corrected chi connectivity index (χ1v) is 13.0. The zero-order chi connectivity index (χ0) is 23.0. The third kappa shape index (κ3) is 4.72. The molecule has 1 aromatic carbocycles. The summed E-state index contributed by atoms with van der Waals surface area (Å²) >= 11 is 1.23. The monoisotopic (exact) mass is 489 g/mol. The molecule has 0 unspecified atom stereocenters. The van der Waals surface area contributed by atoms with Gasteiger partial charge in [0.2, 0.25) is 5.88 Å². The molecule has 2 fully saturated rings. The van der Waals surface area contributed by atoms with Gasteiger partial charge in [-0.05, 0) is 43.0 Å². The predicted octanol–water partition coefficient (Wildman–Crippen LogP) is 3.12. The molecule has 5 rings (SSSR count). The predicted molar refractivity (Wildman–Crippen MR) is 122 cm³/mol. The van der Waals surface area contributed by atoms with Crippen molar-refractivity contribution in [2.45, 2.75) is 41.6 Å². The number of fused-ring (bicyclic) bond motifs is 1. The van der Waals surface area contributed by atoms with Gasteiger partial charge < -0.3 is 14.2 Å². The molecule has 0 bridgehead atoms.